The third-order valence-electron chi connectivity index (χ3n) is 3.07. The van der Waals surface area contributed by atoms with E-state index < -0.39 is 0 Å². The number of aryl methyl sites for hydroxylation is 3. The molecule has 0 bridgehead atoms. The first-order chi connectivity index (χ1) is 8.45. The van der Waals surface area contributed by atoms with Crippen LogP contribution in [0.3, 0.4) is 0 Å². The lowest BCUT2D eigenvalue weighted by atomic mass is 10.1. The van der Waals surface area contributed by atoms with Gasteiger partial charge in [-0.1, -0.05) is 11.6 Å². The molecule has 2 heterocycles. The van der Waals surface area contributed by atoms with Gasteiger partial charge in [0.25, 0.3) is 0 Å². The quantitative estimate of drug-likeness (QED) is 0.907. The van der Waals surface area contributed by atoms with Crippen molar-refractivity contribution in [3.8, 4) is 5.69 Å². The van der Waals surface area contributed by atoms with E-state index in [1.54, 1.807) is 0 Å². The summed E-state index contributed by atoms with van der Waals surface area (Å²) in [6.45, 7) is 8.21. The molecule has 0 aliphatic heterocycles. The number of hydrogen-bond acceptors (Lipinski definition) is 3. The van der Waals surface area contributed by atoms with E-state index in [9.17, 15) is 0 Å². The fourth-order valence-electron chi connectivity index (χ4n) is 2.13. The Hall–Kier alpha value is -1.39. The van der Waals surface area contributed by atoms with Crippen molar-refractivity contribution in [2.24, 2.45) is 5.73 Å². The van der Waals surface area contributed by atoms with Gasteiger partial charge in [0.1, 0.15) is 0 Å². The molecule has 0 saturated heterocycles. The summed E-state index contributed by atoms with van der Waals surface area (Å²) in [5.41, 5.74) is 11.4. The van der Waals surface area contributed by atoms with Crippen LogP contribution in [-0.4, -0.2) is 14.8 Å². The first-order valence-electron chi connectivity index (χ1n) is 5.85. The molecule has 96 valence electrons. The van der Waals surface area contributed by atoms with E-state index in [1.165, 1.54) is 0 Å². The molecule has 18 heavy (non-hydrogen) atoms. The van der Waals surface area contributed by atoms with Crippen LogP contribution in [0.5, 0.6) is 0 Å². The van der Waals surface area contributed by atoms with Crippen molar-refractivity contribution in [2.45, 2.75) is 34.2 Å². The molecule has 0 radical (unpaired) electrons. The highest BCUT2D eigenvalue weighted by Crippen LogP contribution is 2.25. The van der Waals surface area contributed by atoms with E-state index in [1.807, 2.05) is 38.4 Å². The van der Waals surface area contributed by atoms with Gasteiger partial charge in [0.05, 0.1) is 22.1 Å². The standard InChI is InChI=1S/C13H17ClN4/c1-7-5-12(11(6-15)8(2)16-7)18-10(4)13(14)9(3)17-18/h5H,6,15H2,1-4H3. The largest absolute Gasteiger partial charge is 0.326 e. The minimum atomic E-state index is 0.435. The Morgan fingerprint density at radius 1 is 1.22 bits per heavy atom. The Kier molecular flexibility index (Phi) is 3.41. The summed E-state index contributed by atoms with van der Waals surface area (Å²) in [6.07, 6.45) is 0. The fraction of sp³-hybridized carbons (Fsp3) is 0.385. The Balaban J connectivity index is 2.73. The molecule has 0 aliphatic rings. The predicted octanol–water partition coefficient (Wildman–Crippen LogP) is 2.61. The summed E-state index contributed by atoms with van der Waals surface area (Å²) in [6, 6.07) is 1.99. The van der Waals surface area contributed by atoms with Crippen molar-refractivity contribution in [3.63, 3.8) is 0 Å². The van der Waals surface area contributed by atoms with Crippen LogP contribution >= 0.6 is 11.6 Å². The van der Waals surface area contributed by atoms with E-state index in [-0.39, 0.29) is 0 Å². The van der Waals surface area contributed by atoms with Crippen LogP contribution in [0.25, 0.3) is 5.69 Å². The average Bonchev–Trinajstić information content (AvgIpc) is 2.56. The number of halogens is 1. The Bertz CT molecular complexity index is 602. The molecule has 0 amide bonds. The zero-order valence-corrected chi connectivity index (χ0v) is 11.8. The Morgan fingerprint density at radius 3 is 2.39 bits per heavy atom. The zero-order chi connectivity index (χ0) is 13.4. The number of aromatic nitrogens is 3. The van der Waals surface area contributed by atoms with Gasteiger partial charge in [0, 0.05) is 23.5 Å². The number of rotatable bonds is 2. The van der Waals surface area contributed by atoms with Gasteiger partial charge in [-0.15, -0.1) is 0 Å². The van der Waals surface area contributed by atoms with Crippen LogP contribution in [0, 0.1) is 27.7 Å². The smallest absolute Gasteiger partial charge is 0.0848 e. The molecule has 0 aromatic carbocycles. The second-order valence-electron chi connectivity index (χ2n) is 4.45. The number of hydrogen-bond donors (Lipinski definition) is 1. The van der Waals surface area contributed by atoms with Gasteiger partial charge in [-0.25, -0.2) is 4.68 Å². The van der Waals surface area contributed by atoms with Crippen molar-refractivity contribution in [3.05, 3.63) is 39.4 Å². The summed E-state index contributed by atoms with van der Waals surface area (Å²) in [4.78, 5) is 4.44. The molecule has 0 saturated carbocycles. The lowest BCUT2D eigenvalue weighted by molar-refractivity contribution is 0.806. The maximum Gasteiger partial charge on any atom is 0.0848 e. The molecular formula is C13H17ClN4. The van der Waals surface area contributed by atoms with Gasteiger partial charge >= 0.3 is 0 Å². The molecule has 2 N–H and O–H groups in total. The van der Waals surface area contributed by atoms with Crippen LogP contribution in [0.4, 0.5) is 0 Å². The van der Waals surface area contributed by atoms with Crippen molar-refractivity contribution in [1.82, 2.24) is 14.8 Å². The second kappa shape index (κ2) is 4.71. The molecule has 2 aromatic rings. The summed E-state index contributed by atoms with van der Waals surface area (Å²) in [5.74, 6) is 0. The summed E-state index contributed by atoms with van der Waals surface area (Å²) in [5, 5.41) is 5.17. The van der Waals surface area contributed by atoms with Gasteiger partial charge in [-0.2, -0.15) is 5.10 Å². The van der Waals surface area contributed by atoms with Crippen molar-refractivity contribution >= 4 is 11.6 Å². The molecule has 0 spiro atoms. The molecule has 2 rings (SSSR count). The number of pyridine rings is 1. The van der Waals surface area contributed by atoms with Gasteiger partial charge in [0.15, 0.2) is 0 Å². The van der Waals surface area contributed by atoms with E-state index in [4.69, 9.17) is 17.3 Å². The molecular weight excluding hydrogens is 248 g/mol. The van der Waals surface area contributed by atoms with Crippen molar-refractivity contribution < 1.29 is 0 Å². The number of nitrogens with two attached hydrogens (primary N) is 1. The molecule has 0 aliphatic carbocycles. The lowest BCUT2D eigenvalue weighted by Crippen LogP contribution is -2.11. The maximum absolute atomic E-state index is 6.19. The van der Waals surface area contributed by atoms with Gasteiger partial charge in [-0.3, -0.25) is 4.98 Å². The topological polar surface area (TPSA) is 56.7 Å². The monoisotopic (exact) mass is 264 g/mol. The first-order valence-corrected chi connectivity index (χ1v) is 6.22. The predicted molar refractivity (Wildman–Crippen MR) is 73.2 cm³/mol. The van der Waals surface area contributed by atoms with Gasteiger partial charge in [0.2, 0.25) is 0 Å². The SMILES string of the molecule is Cc1cc(-n2nc(C)c(Cl)c2C)c(CN)c(C)n1. The fourth-order valence-corrected chi connectivity index (χ4v) is 2.25. The molecule has 5 heteroatoms. The Morgan fingerprint density at radius 2 is 1.89 bits per heavy atom. The van der Waals surface area contributed by atoms with E-state index in [0.29, 0.717) is 11.6 Å². The van der Waals surface area contributed by atoms with E-state index >= 15 is 0 Å². The van der Waals surface area contributed by atoms with Crippen LogP contribution in [-0.2, 0) is 6.54 Å². The summed E-state index contributed by atoms with van der Waals surface area (Å²) >= 11 is 6.19. The molecule has 2 aromatic heterocycles. The van der Waals surface area contributed by atoms with Crippen molar-refractivity contribution in [1.29, 1.82) is 0 Å². The van der Waals surface area contributed by atoms with E-state index in [0.717, 1.165) is 34.0 Å². The van der Waals surface area contributed by atoms with Crippen LogP contribution in [0.2, 0.25) is 5.02 Å². The molecule has 0 fully saturated rings. The Labute approximate surface area is 112 Å². The maximum atomic E-state index is 6.19. The van der Waals surface area contributed by atoms with Gasteiger partial charge < -0.3 is 5.73 Å². The zero-order valence-electron chi connectivity index (χ0n) is 11.1. The average molecular weight is 265 g/mol. The first kappa shape index (κ1) is 13.1. The number of nitrogens with zero attached hydrogens (tertiary/aromatic N) is 3. The minimum Gasteiger partial charge on any atom is -0.326 e. The normalized spacial score (nSPS) is 11.0. The minimum absolute atomic E-state index is 0.435. The molecule has 0 atom stereocenters. The van der Waals surface area contributed by atoms with Crippen LogP contribution < -0.4 is 5.73 Å². The lowest BCUT2D eigenvalue weighted by Gasteiger charge is -2.13. The third-order valence-corrected chi connectivity index (χ3v) is 3.62. The summed E-state index contributed by atoms with van der Waals surface area (Å²) < 4.78 is 1.85. The van der Waals surface area contributed by atoms with Crippen molar-refractivity contribution in [2.75, 3.05) is 0 Å². The highest BCUT2D eigenvalue weighted by atomic mass is 35.5. The highest BCUT2D eigenvalue weighted by Gasteiger charge is 2.15. The van der Waals surface area contributed by atoms with Crippen LogP contribution in [0.1, 0.15) is 28.3 Å². The highest BCUT2D eigenvalue weighted by molar-refractivity contribution is 6.31. The van der Waals surface area contributed by atoms with E-state index in [2.05, 4.69) is 10.1 Å². The second-order valence-corrected chi connectivity index (χ2v) is 4.83. The third kappa shape index (κ3) is 2.02. The summed E-state index contributed by atoms with van der Waals surface area (Å²) in [7, 11) is 0. The molecule has 4 nitrogen and oxygen atoms in total. The molecule has 0 unspecified atom stereocenters. The van der Waals surface area contributed by atoms with Gasteiger partial charge in [-0.05, 0) is 33.8 Å². The van der Waals surface area contributed by atoms with Crippen LogP contribution in [0.15, 0.2) is 6.07 Å².